The van der Waals surface area contributed by atoms with E-state index in [1.54, 1.807) is 0 Å². The minimum atomic E-state index is 0.0446. The summed E-state index contributed by atoms with van der Waals surface area (Å²) in [5.74, 6) is 0. The maximum atomic E-state index is 2.48. The Morgan fingerprint density at radius 1 is 0.293 bits per heavy atom. The zero-order valence-corrected chi connectivity index (χ0v) is 33.9. The molecule has 284 valence electrons. The molecule has 8 aromatic carbocycles. The van der Waals surface area contributed by atoms with Crippen LogP contribution in [-0.4, -0.2) is 0 Å². The molecule has 8 aromatic rings. The van der Waals surface area contributed by atoms with Crippen molar-refractivity contribution in [3.63, 3.8) is 0 Å². The Morgan fingerprint density at radius 3 is 1.03 bits per heavy atom. The summed E-state index contributed by atoms with van der Waals surface area (Å²) in [6, 6.07) is 74.8. The van der Waals surface area contributed by atoms with Crippen LogP contribution in [0.15, 0.2) is 206 Å². The second kappa shape index (κ2) is 15.4. The van der Waals surface area contributed by atoms with Gasteiger partial charge in [-0.15, -0.1) is 0 Å². The van der Waals surface area contributed by atoms with Crippen molar-refractivity contribution in [1.29, 1.82) is 0 Å². The highest BCUT2D eigenvalue weighted by atomic mass is 15.1. The number of nitrogens with zero attached hydrogens (tertiary/aromatic N) is 2. The summed E-state index contributed by atoms with van der Waals surface area (Å²) in [6.07, 6.45) is 2.33. The number of hydrogen-bond acceptors (Lipinski definition) is 2. The summed E-state index contributed by atoms with van der Waals surface area (Å²) in [5, 5.41) is 0. The Balaban J connectivity index is 1.07. The van der Waals surface area contributed by atoms with E-state index in [0.29, 0.717) is 0 Å². The van der Waals surface area contributed by atoms with Gasteiger partial charge in [0, 0.05) is 28.4 Å². The van der Waals surface area contributed by atoms with Crippen molar-refractivity contribution in [1.82, 2.24) is 0 Å². The lowest BCUT2D eigenvalue weighted by molar-refractivity contribution is 0.332. The van der Waals surface area contributed by atoms with E-state index >= 15 is 0 Å². The Hall–Kier alpha value is -6.64. The van der Waals surface area contributed by atoms with E-state index in [9.17, 15) is 0 Å². The van der Waals surface area contributed by atoms with Gasteiger partial charge in [-0.3, -0.25) is 0 Å². The van der Waals surface area contributed by atoms with Crippen LogP contribution in [0.1, 0.15) is 51.7 Å². The minimum Gasteiger partial charge on any atom is -0.311 e. The first-order valence-corrected chi connectivity index (χ1v) is 20.6. The summed E-state index contributed by atoms with van der Waals surface area (Å²) in [7, 11) is 0. The summed E-state index contributed by atoms with van der Waals surface area (Å²) >= 11 is 0. The lowest BCUT2D eigenvalue weighted by atomic mass is 9.62. The normalized spacial score (nSPS) is 14.0. The Morgan fingerprint density at radius 2 is 0.621 bits per heavy atom. The molecule has 1 aliphatic carbocycles. The third-order valence-corrected chi connectivity index (χ3v) is 12.1. The van der Waals surface area contributed by atoms with Crippen LogP contribution in [0.4, 0.5) is 34.1 Å². The largest absolute Gasteiger partial charge is 0.311 e. The van der Waals surface area contributed by atoms with Crippen LogP contribution in [0, 0.1) is 0 Å². The van der Waals surface area contributed by atoms with E-state index in [0.717, 1.165) is 34.9 Å². The fraction of sp³-hybridized carbons (Fsp3) is 0.143. The van der Waals surface area contributed by atoms with Crippen molar-refractivity contribution >= 4 is 34.1 Å². The predicted octanol–water partition coefficient (Wildman–Crippen LogP) is 16.0. The van der Waals surface area contributed by atoms with Gasteiger partial charge in [0.15, 0.2) is 0 Å². The average Bonchev–Trinajstić information content (AvgIpc) is 3.27. The second-order valence-corrected chi connectivity index (χ2v) is 16.9. The molecule has 9 rings (SSSR count). The quantitative estimate of drug-likeness (QED) is 0.145. The summed E-state index contributed by atoms with van der Waals surface area (Å²) in [5.41, 5.74) is 17.2. The fourth-order valence-corrected chi connectivity index (χ4v) is 8.81. The molecular formula is C56H50N2. The zero-order chi connectivity index (χ0) is 39.7. The van der Waals surface area contributed by atoms with E-state index in [-0.39, 0.29) is 10.8 Å². The van der Waals surface area contributed by atoms with Gasteiger partial charge in [0.05, 0.1) is 5.69 Å². The van der Waals surface area contributed by atoms with E-state index < -0.39 is 0 Å². The molecule has 2 nitrogen and oxygen atoms in total. The molecule has 58 heavy (non-hydrogen) atoms. The van der Waals surface area contributed by atoms with Crippen molar-refractivity contribution in [3.8, 4) is 33.4 Å². The highest BCUT2D eigenvalue weighted by molar-refractivity contribution is 5.84. The molecule has 0 saturated carbocycles. The number of para-hydroxylation sites is 1. The van der Waals surface area contributed by atoms with Crippen LogP contribution in [-0.2, 0) is 10.8 Å². The standard InChI is InChI=1S/C56H50N2/c1-55(2)39-40-56(3,4)54-52(55)21-14-22-53(54)58(50-35-27-44(28-36-50)42-17-10-6-11-18-42)51-37-29-46(30-38-51)45-25-33-49(34-26-45)57(47-19-12-7-13-20-47)48-31-23-43(24-32-48)41-15-8-5-9-16-41/h5-38H,39-40H2,1-4H3. The molecule has 0 aromatic heterocycles. The average molecular weight is 751 g/mol. The maximum absolute atomic E-state index is 2.48. The molecule has 0 bridgehead atoms. The van der Waals surface area contributed by atoms with Crippen molar-refractivity contribution in [3.05, 3.63) is 217 Å². The zero-order valence-electron chi connectivity index (χ0n) is 33.9. The molecule has 0 N–H and O–H groups in total. The molecule has 0 spiro atoms. The summed E-state index contributed by atoms with van der Waals surface area (Å²) < 4.78 is 0. The van der Waals surface area contributed by atoms with E-state index in [1.807, 2.05) is 0 Å². The van der Waals surface area contributed by atoms with E-state index in [4.69, 9.17) is 0 Å². The summed E-state index contributed by atoms with van der Waals surface area (Å²) in [6.45, 7) is 9.66. The molecule has 0 radical (unpaired) electrons. The topological polar surface area (TPSA) is 6.48 Å². The van der Waals surface area contributed by atoms with Crippen molar-refractivity contribution < 1.29 is 0 Å². The molecule has 0 aliphatic heterocycles. The molecule has 1 aliphatic rings. The highest BCUT2D eigenvalue weighted by Crippen LogP contribution is 2.52. The Kier molecular flexibility index (Phi) is 9.79. The monoisotopic (exact) mass is 750 g/mol. The van der Waals surface area contributed by atoms with Crippen molar-refractivity contribution in [2.24, 2.45) is 0 Å². The van der Waals surface area contributed by atoms with E-state index in [2.05, 4.69) is 244 Å². The van der Waals surface area contributed by atoms with Gasteiger partial charge in [-0.05, 0) is 135 Å². The lowest BCUT2D eigenvalue weighted by Crippen LogP contribution is -2.35. The van der Waals surface area contributed by atoms with Gasteiger partial charge in [0.25, 0.3) is 0 Å². The van der Waals surface area contributed by atoms with Crippen LogP contribution >= 0.6 is 0 Å². The van der Waals surface area contributed by atoms with Gasteiger partial charge in [0.1, 0.15) is 0 Å². The van der Waals surface area contributed by atoms with Gasteiger partial charge in [-0.1, -0.05) is 167 Å². The van der Waals surface area contributed by atoms with Gasteiger partial charge in [-0.2, -0.15) is 0 Å². The molecule has 0 amide bonds. The SMILES string of the molecule is CC1(C)CCC(C)(C)c2c(N(c3ccc(-c4ccccc4)cc3)c3ccc(-c4ccc(N(c5ccccc5)c5ccc(-c6ccccc6)cc5)cc4)cc3)cccc21. The van der Waals surface area contributed by atoms with Gasteiger partial charge in [-0.25, -0.2) is 0 Å². The molecule has 0 unspecified atom stereocenters. The van der Waals surface area contributed by atoms with Gasteiger partial charge < -0.3 is 9.80 Å². The molecular weight excluding hydrogens is 701 g/mol. The fourth-order valence-electron chi connectivity index (χ4n) is 8.81. The molecule has 0 saturated heterocycles. The highest BCUT2D eigenvalue weighted by Gasteiger charge is 2.39. The van der Waals surface area contributed by atoms with Crippen LogP contribution < -0.4 is 9.80 Å². The van der Waals surface area contributed by atoms with Gasteiger partial charge >= 0.3 is 0 Å². The first kappa shape index (κ1) is 37.0. The molecule has 2 heteroatoms. The molecule has 0 atom stereocenters. The number of hydrogen-bond donors (Lipinski definition) is 0. The third kappa shape index (κ3) is 7.23. The maximum Gasteiger partial charge on any atom is 0.0502 e. The lowest BCUT2D eigenvalue weighted by Gasteiger charge is -2.44. The van der Waals surface area contributed by atoms with Crippen LogP contribution in [0.2, 0.25) is 0 Å². The Bertz CT molecular complexity index is 2610. The van der Waals surface area contributed by atoms with Crippen LogP contribution in [0.3, 0.4) is 0 Å². The van der Waals surface area contributed by atoms with Crippen molar-refractivity contribution in [2.75, 3.05) is 9.80 Å². The van der Waals surface area contributed by atoms with Crippen molar-refractivity contribution in [2.45, 2.75) is 51.4 Å². The van der Waals surface area contributed by atoms with Crippen LogP contribution in [0.5, 0.6) is 0 Å². The molecule has 0 fully saturated rings. The third-order valence-electron chi connectivity index (χ3n) is 12.1. The van der Waals surface area contributed by atoms with E-state index in [1.165, 1.54) is 56.6 Å². The molecule has 0 heterocycles. The minimum absolute atomic E-state index is 0.0446. The second-order valence-electron chi connectivity index (χ2n) is 16.9. The first-order chi connectivity index (χ1) is 28.2. The Labute approximate surface area is 344 Å². The smallest absolute Gasteiger partial charge is 0.0502 e. The summed E-state index contributed by atoms with van der Waals surface area (Å²) in [4.78, 5) is 4.80. The van der Waals surface area contributed by atoms with Gasteiger partial charge in [0.2, 0.25) is 0 Å². The first-order valence-electron chi connectivity index (χ1n) is 20.6. The van der Waals surface area contributed by atoms with Crippen LogP contribution in [0.25, 0.3) is 33.4 Å². The number of rotatable bonds is 9. The predicted molar refractivity (Wildman–Crippen MR) is 247 cm³/mol. The number of anilines is 6. The number of benzene rings is 8. The number of fused-ring (bicyclic) bond motifs is 1.